The van der Waals surface area contributed by atoms with E-state index in [9.17, 15) is 14.7 Å². The van der Waals surface area contributed by atoms with Crippen molar-refractivity contribution in [3.8, 4) is 0 Å². The van der Waals surface area contributed by atoms with Gasteiger partial charge in [0.1, 0.15) is 11.2 Å². The van der Waals surface area contributed by atoms with Gasteiger partial charge in [-0.15, -0.1) is 0 Å². The van der Waals surface area contributed by atoms with Crippen molar-refractivity contribution in [3.63, 3.8) is 0 Å². The summed E-state index contributed by atoms with van der Waals surface area (Å²) in [7, 11) is 0. The van der Waals surface area contributed by atoms with Crippen LogP contribution in [0, 0.1) is 0 Å². The first-order chi connectivity index (χ1) is 9.12. The maximum atomic E-state index is 12.3. The molecule has 102 valence electrons. The minimum atomic E-state index is -1.04. The second-order valence-electron chi connectivity index (χ2n) is 5.58. The number of amides is 1. The lowest BCUT2D eigenvalue weighted by molar-refractivity contribution is -0.148. The van der Waals surface area contributed by atoms with E-state index in [4.69, 9.17) is 0 Å². The molecule has 0 aliphatic heterocycles. The van der Waals surface area contributed by atoms with Crippen LogP contribution in [0.5, 0.6) is 0 Å². The second-order valence-corrected chi connectivity index (χ2v) is 5.58. The zero-order chi connectivity index (χ0) is 13.5. The number of nitrogens with zero attached hydrogens (tertiary/aromatic N) is 1. The predicted octanol–water partition coefficient (Wildman–Crippen LogP) is 1.95. The molecule has 0 unspecified atom stereocenters. The summed E-state index contributed by atoms with van der Waals surface area (Å²) < 4.78 is 1.98. The minimum Gasteiger partial charge on any atom is -0.480 e. The van der Waals surface area contributed by atoms with E-state index in [1.807, 2.05) is 16.8 Å². The van der Waals surface area contributed by atoms with Crippen molar-refractivity contribution in [2.75, 3.05) is 0 Å². The molecule has 0 aromatic carbocycles. The number of carboxylic acids is 1. The zero-order valence-corrected chi connectivity index (χ0v) is 10.8. The molecule has 0 saturated heterocycles. The Bertz CT molecular complexity index is 513. The van der Waals surface area contributed by atoms with Gasteiger partial charge in [-0.05, 0) is 50.7 Å². The van der Waals surface area contributed by atoms with Crippen LogP contribution >= 0.6 is 0 Å². The van der Waals surface area contributed by atoms with Crippen LogP contribution in [0.3, 0.4) is 0 Å². The number of aliphatic carboxylic acids is 1. The molecule has 1 amide bonds. The third kappa shape index (κ3) is 1.93. The molecule has 19 heavy (non-hydrogen) atoms. The number of carboxylic acid groups (broad SMARTS) is 1. The van der Waals surface area contributed by atoms with Gasteiger partial charge in [-0.25, -0.2) is 4.79 Å². The zero-order valence-electron chi connectivity index (χ0n) is 10.8. The van der Waals surface area contributed by atoms with Crippen LogP contribution in [-0.4, -0.2) is 27.1 Å². The van der Waals surface area contributed by atoms with E-state index in [2.05, 4.69) is 5.32 Å². The lowest BCUT2D eigenvalue weighted by atomic mass is 9.76. The number of hydrogen-bond donors (Lipinski definition) is 2. The summed E-state index contributed by atoms with van der Waals surface area (Å²) in [4.78, 5) is 23.6. The van der Waals surface area contributed by atoms with E-state index >= 15 is 0 Å². The fraction of sp³-hybridized carbons (Fsp3) is 0.571. The fourth-order valence-electron chi connectivity index (χ4n) is 2.77. The van der Waals surface area contributed by atoms with E-state index in [0.717, 1.165) is 19.3 Å². The van der Waals surface area contributed by atoms with Crippen molar-refractivity contribution in [1.82, 2.24) is 9.88 Å². The Balaban J connectivity index is 1.77. The molecule has 0 atom stereocenters. The van der Waals surface area contributed by atoms with Gasteiger partial charge in [0.2, 0.25) is 0 Å². The molecule has 2 N–H and O–H groups in total. The van der Waals surface area contributed by atoms with E-state index in [0.29, 0.717) is 24.6 Å². The predicted molar refractivity (Wildman–Crippen MR) is 69.0 cm³/mol. The maximum Gasteiger partial charge on any atom is 0.329 e. The lowest BCUT2D eigenvalue weighted by Gasteiger charge is -2.38. The average Bonchev–Trinajstić information content (AvgIpc) is 2.69. The molecule has 1 aromatic heterocycles. The van der Waals surface area contributed by atoms with E-state index in [1.165, 1.54) is 6.42 Å². The van der Waals surface area contributed by atoms with Crippen LogP contribution in [0.25, 0.3) is 0 Å². The Morgan fingerprint density at radius 1 is 1.32 bits per heavy atom. The number of rotatable bonds is 4. The molecule has 2 fully saturated rings. The summed E-state index contributed by atoms with van der Waals surface area (Å²) in [6.07, 6.45) is 7.21. The summed E-state index contributed by atoms with van der Waals surface area (Å²) in [5, 5.41) is 12.0. The average molecular weight is 262 g/mol. The smallest absolute Gasteiger partial charge is 0.329 e. The first-order valence-corrected chi connectivity index (χ1v) is 6.85. The summed E-state index contributed by atoms with van der Waals surface area (Å²) >= 11 is 0. The monoisotopic (exact) mass is 262 g/mol. The van der Waals surface area contributed by atoms with Crippen LogP contribution in [0.15, 0.2) is 18.3 Å². The largest absolute Gasteiger partial charge is 0.480 e. The Morgan fingerprint density at radius 2 is 2.05 bits per heavy atom. The highest BCUT2D eigenvalue weighted by molar-refractivity contribution is 5.97. The van der Waals surface area contributed by atoms with E-state index < -0.39 is 11.5 Å². The van der Waals surface area contributed by atoms with Gasteiger partial charge in [0.15, 0.2) is 0 Å². The van der Waals surface area contributed by atoms with Gasteiger partial charge in [-0.1, -0.05) is 0 Å². The van der Waals surface area contributed by atoms with Gasteiger partial charge in [0.05, 0.1) is 0 Å². The number of carbonyl (C=O) groups excluding carboxylic acids is 1. The van der Waals surface area contributed by atoms with Crippen LogP contribution < -0.4 is 5.32 Å². The van der Waals surface area contributed by atoms with Crippen LogP contribution in [0.1, 0.15) is 55.1 Å². The van der Waals surface area contributed by atoms with Gasteiger partial charge < -0.3 is 15.0 Å². The fourth-order valence-corrected chi connectivity index (χ4v) is 2.77. The molecule has 5 nitrogen and oxygen atoms in total. The van der Waals surface area contributed by atoms with E-state index in [-0.39, 0.29) is 5.91 Å². The van der Waals surface area contributed by atoms with Gasteiger partial charge in [0, 0.05) is 12.2 Å². The van der Waals surface area contributed by atoms with Crippen LogP contribution in [0.2, 0.25) is 0 Å². The highest BCUT2D eigenvalue weighted by Crippen LogP contribution is 2.34. The molecule has 1 heterocycles. The van der Waals surface area contributed by atoms with Gasteiger partial charge in [-0.2, -0.15) is 0 Å². The summed E-state index contributed by atoms with van der Waals surface area (Å²) in [5.74, 6) is -1.19. The van der Waals surface area contributed by atoms with Crippen molar-refractivity contribution >= 4 is 11.9 Å². The molecular formula is C14H18N2O3. The molecule has 2 saturated carbocycles. The topological polar surface area (TPSA) is 71.3 Å². The minimum absolute atomic E-state index is 0.265. The number of carbonyl (C=O) groups is 2. The third-order valence-electron chi connectivity index (χ3n) is 4.45. The lowest BCUT2D eigenvalue weighted by Crippen LogP contribution is -2.59. The Morgan fingerprint density at radius 3 is 2.53 bits per heavy atom. The second kappa shape index (κ2) is 4.40. The Kier molecular flexibility index (Phi) is 2.84. The van der Waals surface area contributed by atoms with Gasteiger partial charge in [0.25, 0.3) is 5.91 Å². The summed E-state index contributed by atoms with van der Waals surface area (Å²) in [6.45, 7) is 0. The quantitative estimate of drug-likeness (QED) is 0.871. The number of aromatic nitrogens is 1. The molecule has 3 rings (SSSR count). The standard InChI is InChI=1S/C14H18N2O3/c17-12(15-14(13(18)19)7-3-8-14)11-6-2-9-16(11)10-4-1-5-10/h2,6,9-10H,1,3-5,7-8H2,(H,15,17)(H,18,19). The molecule has 5 heteroatoms. The molecule has 0 bridgehead atoms. The van der Waals surface area contributed by atoms with Gasteiger partial charge >= 0.3 is 5.97 Å². The Hall–Kier alpha value is -1.78. The highest BCUT2D eigenvalue weighted by atomic mass is 16.4. The maximum absolute atomic E-state index is 12.3. The highest BCUT2D eigenvalue weighted by Gasteiger charge is 2.46. The molecule has 0 radical (unpaired) electrons. The van der Waals surface area contributed by atoms with Crippen LogP contribution in [-0.2, 0) is 4.79 Å². The van der Waals surface area contributed by atoms with Crippen molar-refractivity contribution in [2.24, 2.45) is 0 Å². The molecule has 2 aliphatic carbocycles. The third-order valence-corrected chi connectivity index (χ3v) is 4.45. The first kappa shape index (κ1) is 12.3. The Labute approximate surface area is 111 Å². The van der Waals surface area contributed by atoms with Crippen molar-refractivity contribution in [2.45, 2.75) is 50.1 Å². The van der Waals surface area contributed by atoms with Crippen molar-refractivity contribution in [3.05, 3.63) is 24.0 Å². The molecule has 1 aromatic rings. The number of nitrogens with one attached hydrogen (secondary N) is 1. The summed E-state index contributed by atoms with van der Waals surface area (Å²) in [6, 6.07) is 4.02. The van der Waals surface area contributed by atoms with Crippen molar-refractivity contribution < 1.29 is 14.7 Å². The summed E-state index contributed by atoms with van der Waals surface area (Å²) in [5.41, 5.74) is -0.455. The molecule has 0 spiro atoms. The SMILES string of the molecule is O=C(NC1(C(=O)O)CCC1)c1cccn1C1CCC1. The van der Waals surface area contributed by atoms with Crippen molar-refractivity contribution in [1.29, 1.82) is 0 Å². The van der Waals surface area contributed by atoms with E-state index in [1.54, 1.807) is 6.07 Å². The molecular weight excluding hydrogens is 244 g/mol. The van der Waals surface area contributed by atoms with Crippen LogP contribution in [0.4, 0.5) is 0 Å². The number of hydrogen-bond acceptors (Lipinski definition) is 2. The normalized spacial score (nSPS) is 21.3. The molecule has 2 aliphatic rings. The van der Waals surface area contributed by atoms with Gasteiger partial charge in [-0.3, -0.25) is 4.79 Å². The first-order valence-electron chi connectivity index (χ1n) is 6.85.